The molecule has 4 heteroatoms. The van der Waals surface area contributed by atoms with Gasteiger partial charge in [-0.2, -0.15) is 0 Å². The molecule has 0 aliphatic heterocycles. The minimum atomic E-state index is -0.174. The van der Waals surface area contributed by atoms with Crippen molar-refractivity contribution in [2.75, 3.05) is 13.2 Å². The molecular formula is C18H20ClNO2. The Balaban J connectivity index is 1.83. The molecule has 2 aromatic carbocycles. The summed E-state index contributed by atoms with van der Waals surface area (Å²) in [5, 5.41) is 3.62. The van der Waals surface area contributed by atoms with Gasteiger partial charge in [0.15, 0.2) is 6.61 Å². The first-order valence-corrected chi connectivity index (χ1v) is 7.56. The molecule has 0 saturated heterocycles. The van der Waals surface area contributed by atoms with Crippen molar-refractivity contribution < 1.29 is 9.53 Å². The zero-order valence-electron chi connectivity index (χ0n) is 12.8. The molecule has 0 unspecified atom stereocenters. The van der Waals surface area contributed by atoms with Gasteiger partial charge < -0.3 is 10.1 Å². The van der Waals surface area contributed by atoms with Crippen LogP contribution in [-0.2, 0) is 10.2 Å². The van der Waals surface area contributed by atoms with Crippen LogP contribution in [-0.4, -0.2) is 19.1 Å². The Morgan fingerprint density at radius 2 is 1.73 bits per heavy atom. The van der Waals surface area contributed by atoms with Crippen LogP contribution in [0.2, 0.25) is 5.02 Å². The number of hydrogen-bond acceptors (Lipinski definition) is 2. The first-order valence-electron chi connectivity index (χ1n) is 7.18. The van der Waals surface area contributed by atoms with Crippen LogP contribution in [0, 0.1) is 0 Å². The maximum Gasteiger partial charge on any atom is 0.257 e. The van der Waals surface area contributed by atoms with Crippen LogP contribution >= 0.6 is 11.6 Å². The second kappa shape index (κ2) is 7.32. The van der Waals surface area contributed by atoms with Gasteiger partial charge in [0.25, 0.3) is 5.91 Å². The molecule has 0 radical (unpaired) electrons. The molecule has 2 rings (SSSR count). The van der Waals surface area contributed by atoms with Crippen molar-refractivity contribution in [3.8, 4) is 5.75 Å². The average Bonchev–Trinajstić information content (AvgIpc) is 2.52. The first kappa shape index (κ1) is 16.4. The van der Waals surface area contributed by atoms with E-state index in [9.17, 15) is 4.79 Å². The van der Waals surface area contributed by atoms with Crippen molar-refractivity contribution in [2.45, 2.75) is 19.3 Å². The van der Waals surface area contributed by atoms with Gasteiger partial charge in [0.05, 0.1) is 0 Å². The molecule has 22 heavy (non-hydrogen) atoms. The first-order chi connectivity index (χ1) is 10.5. The van der Waals surface area contributed by atoms with Crippen LogP contribution in [0.1, 0.15) is 19.4 Å². The summed E-state index contributed by atoms with van der Waals surface area (Å²) in [4.78, 5) is 11.9. The van der Waals surface area contributed by atoms with Gasteiger partial charge in [-0.3, -0.25) is 4.79 Å². The van der Waals surface area contributed by atoms with Crippen molar-refractivity contribution in [3.05, 3.63) is 65.2 Å². The van der Waals surface area contributed by atoms with E-state index in [0.717, 1.165) is 5.56 Å². The zero-order valence-corrected chi connectivity index (χ0v) is 13.6. The van der Waals surface area contributed by atoms with Crippen LogP contribution < -0.4 is 10.1 Å². The molecule has 0 fully saturated rings. The fourth-order valence-electron chi connectivity index (χ4n) is 2.04. The van der Waals surface area contributed by atoms with E-state index in [2.05, 4.69) is 19.2 Å². The van der Waals surface area contributed by atoms with Gasteiger partial charge >= 0.3 is 0 Å². The monoisotopic (exact) mass is 317 g/mol. The lowest BCUT2D eigenvalue weighted by molar-refractivity contribution is -0.123. The Kier molecular flexibility index (Phi) is 5.45. The number of hydrogen-bond donors (Lipinski definition) is 1. The predicted octanol–water partition coefficient (Wildman–Crippen LogP) is 3.81. The molecule has 0 bridgehead atoms. The molecule has 2 aromatic rings. The number of rotatable bonds is 6. The van der Waals surface area contributed by atoms with E-state index in [1.54, 1.807) is 0 Å². The van der Waals surface area contributed by atoms with Gasteiger partial charge in [-0.15, -0.1) is 0 Å². The van der Waals surface area contributed by atoms with Crippen LogP contribution in [0.4, 0.5) is 0 Å². The molecule has 3 nitrogen and oxygen atoms in total. The van der Waals surface area contributed by atoms with Gasteiger partial charge in [-0.1, -0.05) is 55.8 Å². The number of benzene rings is 2. The van der Waals surface area contributed by atoms with E-state index < -0.39 is 0 Å². The topological polar surface area (TPSA) is 38.3 Å². The fraction of sp³-hybridized carbons (Fsp3) is 0.278. The smallest absolute Gasteiger partial charge is 0.257 e. The molecule has 0 aromatic heterocycles. The molecule has 0 atom stereocenters. The second-order valence-electron chi connectivity index (χ2n) is 5.77. The number of carbonyl (C=O) groups is 1. The van der Waals surface area contributed by atoms with Crippen molar-refractivity contribution in [3.63, 3.8) is 0 Å². The maximum atomic E-state index is 11.9. The standard InChI is InChI=1S/C18H20ClNO2/c1-18(2,14-8-10-15(19)11-9-14)13-20-17(21)12-22-16-6-4-3-5-7-16/h3-11H,12-13H2,1-2H3,(H,20,21). The lowest BCUT2D eigenvalue weighted by Gasteiger charge is -2.25. The lowest BCUT2D eigenvalue weighted by atomic mass is 9.84. The minimum Gasteiger partial charge on any atom is -0.484 e. The van der Waals surface area contributed by atoms with Crippen molar-refractivity contribution in [2.24, 2.45) is 0 Å². The van der Waals surface area contributed by atoms with Crippen LogP contribution in [0.25, 0.3) is 0 Å². The molecule has 116 valence electrons. The SMILES string of the molecule is CC(C)(CNC(=O)COc1ccccc1)c1ccc(Cl)cc1. The van der Waals surface area contributed by atoms with E-state index >= 15 is 0 Å². The molecule has 0 spiro atoms. The summed E-state index contributed by atoms with van der Waals surface area (Å²) in [7, 11) is 0. The third kappa shape index (κ3) is 4.78. The third-order valence-electron chi connectivity index (χ3n) is 3.47. The van der Waals surface area contributed by atoms with E-state index in [1.165, 1.54) is 0 Å². The van der Waals surface area contributed by atoms with E-state index in [4.69, 9.17) is 16.3 Å². The quantitative estimate of drug-likeness (QED) is 0.879. The molecule has 0 saturated carbocycles. The number of nitrogens with one attached hydrogen (secondary N) is 1. The number of halogens is 1. The van der Waals surface area contributed by atoms with Gasteiger partial charge in [0.2, 0.25) is 0 Å². The normalized spacial score (nSPS) is 11.0. The summed E-state index contributed by atoms with van der Waals surface area (Å²) in [5.74, 6) is 0.556. The number of amides is 1. The highest BCUT2D eigenvalue weighted by atomic mass is 35.5. The lowest BCUT2D eigenvalue weighted by Crippen LogP contribution is -2.38. The third-order valence-corrected chi connectivity index (χ3v) is 3.72. The summed E-state index contributed by atoms with van der Waals surface area (Å²) in [5.41, 5.74) is 0.952. The van der Waals surface area contributed by atoms with Crippen LogP contribution in [0.3, 0.4) is 0 Å². The Hall–Kier alpha value is -2.00. The minimum absolute atomic E-state index is 0.0146. The molecule has 1 amide bonds. The number of para-hydroxylation sites is 1. The largest absolute Gasteiger partial charge is 0.484 e. The highest BCUT2D eigenvalue weighted by Gasteiger charge is 2.21. The fourth-order valence-corrected chi connectivity index (χ4v) is 2.17. The summed E-state index contributed by atoms with van der Waals surface area (Å²) in [6, 6.07) is 17.0. The molecule has 1 N–H and O–H groups in total. The Bertz CT molecular complexity index is 609. The van der Waals surface area contributed by atoms with Crippen molar-refractivity contribution in [1.82, 2.24) is 5.32 Å². The number of carbonyl (C=O) groups excluding carboxylic acids is 1. The zero-order chi connectivity index (χ0) is 16.0. The van der Waals surface area contributed by atoms with Gasteiger partial charge in [0, 0.05) is 17.0 Å². The average molecular weight is 318 g/mol. The molecule has 0 heterocycles. The predicted molar refractivity (Wildman–Crippen MR) is 89.4 cm³/mol. The Labute approximate surface area is 136 Å². The van der Waals surface area contributed by atoms with Gasteiger partial charge in [-0.05, 0) is 29.8 Å². The van der Waals surface area contributed by atoms with Gasteiger partial charge in [0.1, 0.15) is 5.75 Å². The van der Waals surface area contributed by atoms with Crippen LogP contribution in [0.15, 0.2) is 54.6 Å². The van der Waals surface area contributed by atoms with Crippen LogP contribution in [0.5, 0.6) is 5.75 Å². The molecule has 0 aliphatic carbocycles. The van der Waals surface area contributed by atoms with Gasteiger partial charge in [-0.25, -0.2) is 0 Å². The van der Waals surface area contributed by atoms with Crippen molar-refractivity contribution >= 4 is 17.5 Å². The van der Waals surface area contributed by atoms with E-state index in [0.29, 0.717) is 17.3 Å². The number of ether oxygens (including phenoxy) is 1. The summed E-state index contributed by atoms with van der Waals surface area (Å²) >= 11 is 5.90. The van der Waals surface area contributed by atoms with Crippen molar-refractivity contribution in [1.29, 1.82) is 0 Å². The molecule has 0 aliphatic rings. The summed E-state index contributed by atoms with van der Waals surface area (Å²) < 4.78 is 5.42. The summed E-state index contributed by atoms with van der Waals surface area (Å²) in [6.07, 6.45) is 0. The highest BCUT2D eigenvalue weighted by Crippen LogP contribution is 2.23. The van der Waals surface area contributed by atoms with E-state index in [1.807, 2.05) is 54.6 Å². The second-order valence-corrected chi connectivity index (χ2v) is 6.21. The molecular weight excluding hydrogens is 298 g/mol. The Morgan fingerprint density at radius 3 is 2.36 bits per heavy atom. The highest BCUT2D eigenvalue weighted by molar-refractivity contribution is 6.30. The Morgan fingerprint density at radius 1 is 1.09 bits per heavy atom. The summed E-state index contributed by atoms with van der Waals surface area (Å²) in [6.45, 7) is 4.70. The van der Waals surface area contributed by atoms with E-state index in [-0.39, 0.29) is 17.9 Å². The maximum absolute atomic E-state index is 11.9.